The van der Waals surface area contributed by atoms with Crippen molar-refractivity contribution in [3.8, 4) is 0 Å². The summed E-state index contributed by atoms with van der Waals surface area (Å²) in [6.07, 6.45) is -0.0739. The van der Waals surface area contributed by atoms with Crippen LogP contribution in [-0.4, -0.2) is 54.6 Å². The number of nitrogens with zero attached hydrogens (tertiary/aromatic N) is 2. The standard InChI is InChI=1S/C15H18N4O4S/c16-14(24)17-6-11-7-19(15(22)23-11)10-1-2-12-9(5-10)3-4-18(12)13(21)8-20/h1-2,5,11,20H,3-4,6-8H2,(H3,16,17,24)/t11-/m0/s1. The van der Waals surface area contributed by atoms with Gasteiger partial charge in [-0.05, 0) is 42.4 Å². The molecular formula is C15H18N4O4S. The number of hydrogen-bond acceptors (Lipinski definition) is 5. The molecular weight excluding hydrogens is 332 g/mol. The minimum atomic E-state index is -0.517. The number of carbonyl (C=O) groups excluding carboxylic acids is 2. The van der Waals surface area contributed by atoms with Gasteiger partial charge in [0.1, 0.15) is 12.7 Å². The van der Waals surface area contributed by atoms with Crippen molar-refractivity contribution >= 4 is 40.7 Å². The summed E-state index contributed by atoms with van der Waals surface area (Å²) in [5.74, 6) is -0.328. The number of ether oxygens (including phenoxy) is 1. The van der Waals surface area contributed by atoms with Gasteiger partial charge in [0.2, 0.25) is 0 Å². The average Bonchev–Trinajstić information content (AvgIpc) is 3.15. The Bertz CT molecular complexity index is 696. The van der Waals surface area contributed by atoms with Crippen molar-refractivity contribution in [2.24, 2.45) is 5.73 Å². The molecule has 0 aliphatic carbocycles. The molecule has 0 unspecified atom stereocenters. The fourth-order valence-corrected chi connectivity index (χ4v) is 3.04. The number of thiocarbonyl (C=S) groups is 1. The molecule has 0 aromatic heterocycles. The van der Waals surface area contributed by atoms with Crippen LogP contribution in [0.15, 0.2) is 18.2 Å². The van der Waals surface area contributed by atoms with E-state index in [9.17, 15) is 9.59 Å². The largest absolute Gasteiger partial charge is 0.442 e. The van der Waals surface area contributed by atoms with E-state index in [4.69, 9.17) is 27.8 Å². The SMILES string of the molecule is NC(=S)NC[C@H]1CN(c2ccc3c(c2)CCN3C(=O)CO)C(=O)O1. The molecule has 24 heavy (non-hydrogen) atoms. The van der Waals surface area contributed by atoms with Crippen molar-refractivity contribution in [1.82, 2.24) is 5.32 Å². The topological polar surface area (TPSA) is 108 Å². The zero-order chi connectivity index (χ0) is 17.3. The Morgan fingerprint density at radius 1 is 1.50 bits per heavy atom. The summed E-state index contributed by atoms with van der Waals surface area (Å²) in [6.45, 7) is 0.772. The van der Waals surface area contributed by atoms with Crippen LogP contribution in [0.2, 0.25) is 0 Å². The van der Waals surface area contributed by atoms with Crippen molar-refractivity contribution in [3.63, 3.8) is 0 Å². The third-order valence-corrected chi connectivity index (χ3v) is 4.23. The molecule has 0 bridgehead atoms. The van der Waals surface area contributed by atoms with E-state index >= 15 is 0 Å². The van der Waals surface area contributed by atoms with Crippen LogP contribution in [0.25, 0.3) is 0 Å². The lowest BCUT2D eigenvalue weighted by Gasteiger charge is -2.18. The molecule has 1 fully saturated rings. The number of anilines is 2. The van der Waals surface area contributed by atoms with Gasteiger partial charge in [-0.15, -0.1) is 0 Å². The molecule has 128 valence electrons. The first-order chi connectivity index (χ1) is 11.5. The molecule has 1 aromatic rings. The van der Waals surface area contributed by atoms with Crippen LogP contribution in [0.3, 0.4) is 0 Å². The fraction of sp³-hybridized carbons (Fsp3) is 0.400. The lowest BCUT2D eigenvalue weighted by atomic mass is 10.1. The summed E-state index contributed by atoms with van der Waals surface area (Å²) in [4.78, 5) is 26.9. The van der Waals surface area contributed by atoms with Gasteiger partial charge in [-0.3, -0.25) is 9.69 Å². The van der Waals surface area contributed by atoms with Crippen molar-refractivity contribution in [3.05, 3.63) is 23.8 Å². The molecule has 2 heterocycles. The summed E-state index contributed by atoms with van der Waals surface area (Å²) in [6, 6.07) is 5.44. The van der Waals surface area contributed by atoms with Crippen LogP contribution in [-0.2, 0) is 16.0 Å². The van der Waals surface area contributed by atoms with Gasteiger partial charge in [-0.2, -0.15) is 0 Å². The smallest absolute Gasteiger partial charge is 0.414 e. The monoisotopic (exact) mass is 350 g/mol. The molecule has 0 radical (unpaired) electrons. The average molecular weight is 350 g/mol. The number of carbonyl (C=O) groups is 2. The Morgan fingerprint density at radius 3 is 3.00 bits per heavy atom. The molecule has 1 atom stereocenters. The van der Waals surface area contributed by atoms with E-state index in [2.05, 4.69) is 5.32 Å². The predicted octanol–water partition coefficient (Wildman–Crippen LogP) is -0.274. The van der Waals surface area contributed by atoms with Gasteiger partial charge >= 0.3 is 6.09 Å². The first-order valence-corrected chi connectivity index (χ1v) is 7.96. The Kier molecular flexibility index (Phi) is 4.54. The molecule has 9 heteroatoms. The van der Waals surface area contributed by atoms with Gasteiger partial charge in [-0.25, -0.2) is 4.79 Å². The van der Waals surface area contributed by atoms with Crippen molar-refractivity contribution < 1.29 is 19.4 Å². The minimum Gasteiger partial charge on any atom is -0.442 e. The fourth-order valence-electron chi connectivity index (χ4n) is 2.95. The quantitative estimate of drug-likeness (QED) is 0.641. The summed E-state index contributed by atoms with van der Waals surface area (Å²) < 4.78 is 5.29. The number of hydrogen-bond donors (Lipinski definition) is 3. The Balaban J connectivity index is 1.73. The number of aliphatic hydroxyl groups excluding tert-OH is 1. The number of rotatable bonds is 4. The van der Waals surface area contributed by atoms with Crippen LogP contribution in [0.4, 0.5) is 16.2 Å². The lowest BCUT2D eigenvalue weighted by molar-refractivity contribution is -0.121. The molecule has 2 amide bonds. The molecule has 2 aliphatic rings. The van der Waals surface area contributed by atoms with Crippen molar-refractivity contribution in [1.29, 1.82) is 0 Å². The van der Waals surface area contributed by atoms with E-state index in [1.165, 1.54) is 0 Å². The number of amides is 2. The maximum Gasteiger partial charge on any atom is 0.414 e. The van der Waals surface area contributed by atoms with Gasteiger partial charge in [0.25, 0.3) is 5.91 Å². The highest BCUT2D eigenvalue weighted by molar-refractivity contribution is 7.80. The van der Waals surface area contributed by atoms with Crippen LogP contribution < -0.4 is 20.9 Å². The molecule has 1 saturated heterocycles. The highest BCUT2D eigenvalue weighted by Crippen LogP contribution is 2.33. The van der Waals surface area contributed by atoms with E-state index in [0.717, 1.165) is 16.9 Å². The number of fused-ring (bicyclic) bond motifs is 1. The maximum atomic E-state index is 12.1. The molecule has 8 nitrogen and oxygen atoms in total. The molecule has 3 rings (SSSR count). The first-order valence-electron chi connectivity index (χ1n) is 7.55. The number of benzene rings is 1. The summed E-state index contributed by atoms with van der Waals surface area (Å²) in [5, 5.41) is 12.0. The van der Waals surface area contributed by atoms with Crippen LogP contribution in [0, 0.1) is 0 Å². The second kappa shape index (κ2) is 6.62. The van der Waals surface area contributed by atoms with Crippen molar-refractivity contribution in [2.45, 2.75) is 12.5 Å². The van der Waals surface area contributed by atoms with Gasteiger partial charge in [0, 0.05) is 17.9 Å². The van der Waals surface area contributed by atoms with Gasteiger partial charge in [0.05, 0.1) is 13.1 Å². The zero-order valence-electron chi connectivity index (χ0n) is 12.9. The second-order valence-corrected chi connectivity index (χ2v) is 6.07. The van der Waals surface area contributed by atoms with Gasteiger partial charge < -0.3 is 25.8 Å². The molecule has 0 spiro atoms. The molecule has 4 N–H and O–H groups in total. The van der Waals surface area contributed by atoms with Crippen LogP contribution >= 0.6 is 12.2 Å². The number of cyclic esters (lactones) is 1. The van der Waals surface area contributed by atoms with Crippen LogP contribution in [0.1, 0.15) is 5.56 Å². The highest BCUT2D eigenvalue weighted by Gasteiger charge is 2.33. The van der Waals surface area contributed by atoms with E-state index in [1.807, 2.05) is 6.07 Å². The van der Waals surface area contributed by atoms with E-state index in [-0.39, 0.29) is 17.1 Å². The van der Waals surface area contributed by atoms with E-state index < -0.39 is 12.7 Å². The normalized spacial score (nSPS) is 19.2. The Labute approximate surface area is 144 Å². The Hall–Kier alpha value is -2.39. The van der Waals surface area contributed by atoms with Gasteiger partial charge in [-0.1, -0.05) is 0 Å². The van der Waals surface area contributed by atoms with Crippen molar-refractivity contribution in [2.75, 3.05) is 36.0 Å². The maximum absolute atomic E-state index is 12.1. The van der Waals surface area contributed by atoms with Crippen LogP contribution in [0.5, 0.6) is 0 Å². The molecule has 1 aromatic carbocycles. The number of aliphatic hydroxyl groups is 1. The van der Waals surface area contributed by atoms with E-state index in [0.29, 0.717) is 26.1 Å². The number of nitrogens with two attached hydrogens (primary N) is 1. The zero-order valence-corrected chi connectivity index (χ0v) is 13.7. The first kappa shape index (κ1) is 16.5. The summed E-state index contributed by atoms with van der Waals surface area (Å²) in [5.41, 5.74) is 7.83. The lowest BCUT2D eigenvalue weighted by Crippen LogP contribution is -2.37. The van der Waals surface area contributed by atoms with Gasteiger partial charge in [0.15, 0.2) is 5.11 Å². The summed E-state index contributed by atoms with van der Waals surface area (Å²) >= 11 is 4.74. The van der Waals surface area contributed by atoms with E-state index in [1.54, 1.807) is 21.9 Å². The Morgan fingerprint density at radius 2 is 2.29 bits per heavy atom. The number of nitrogens with one attached hydrogen (secondary N) is 1. The second-order valence-electron chi connectivity index (χ2n) is 5.63. The predicted molar refractivity (Wildman–Crippen MR) is 92.0 cm³/mol. The summed E-state index contributed by atoms with van der Waals surface area (Å²) in [7, 11) is 0. The minimum absolute atomic E-state index is 0.163. The third-order valence-electron chi connectivity index (χ3n) is 4.08. The third kappa shape index (κ3) is 3.13. The highest BCUT2D eigenvalue weighted by atomic mass is 32.1. The molecule has 0 saturated carbocycles. The molecule has 2 aliphatic heterocycles.